The molecule has 1 aromatic heterocycles. The molecule has 10 heteroatoms. The molecular weight excluding hydrogens is 440 g/mol. The van der Waals surface area contributed by atoms with Gasteiger partial charge in [0.1, 0.15) is 5.75 Å². The summed E-state index contributed by atoms with van der Waals surface area (Å²) < 4.78 is 16.1. The zero-order chi connectivity index (χ0) is 24.1. The number of carbonyl (C=O) groups excluding carboxylic acids is 2. The number of aromatic nitrogens is 2. The minimum Gasteiger partial charge on any atom is -0.495 e. The van der Waals surface area contributed by atoms with E-state index < -0.39 is 0 Å². The standard InChI is InChI=1S/C24H22N4O6/c1-32-19-6-4-3-5-17(19)26-22(29)13-34-20-10-7-14(11-21(20)33-2)23(30)25-15-8-9-16-18(12-15)28-24(31)27-16/h3-12H,13H2,1-2H3,(H,25,30)(H,26,29)(H2,27,28,31). The normalized spacial score (nSPS) is 10.5. The Labute approximate surface area is 193 Å². The first kappa shape index (κ1) is 22.5. The van der Waals surface area contributed by atoms with Gasteiger partial charge in [-0.05, 0) is 48.5 Å². The highest BCUT2D eigenvalue weighted by Gasteiger charge is 2.14. The first-order chi connectivity index (χ1) is 16.5. The van der Waals surface area contributed by atoms with E-state index in [1.165, 1.54) is 20.3 Å². The maximum Gasteiger partial charge on any atom is 0.323 e. The number of hydrogen-bond acceptors (Lipinski definition) is 6. The topological polar surface area (TPSA) is 135 Å². The fraction of sp³-hybridized carbons (Fsp3) is 0.125. The lowest BCUT2D eigenvalue weighted by Gasteiger charge is -2.13. The largest absolute Gasteiger partial charge is 0.495 e. The van der Waals surface area contributed by atoms with E-state index in [4.69, 9.17) is 14.2 Å². The molecule has 10 nitrogen and oxygen atoms in total. The van der Waals surface area contributed by atoms with Crippen molar-refractivity contribution in [3.63, 3.8) is 0 Å². The van der Waals surface area contributed by atoms with Crippen LogP contribution in [0.25, 0.3) is 11.0 Å². The van der Waals surface area contributed by atoms with Gasteiger partial charge in [0.15, 0.2) is 18.1 Å². The predicted molar refractivity (Wildman–Crippen MR) is 127 cm³/mol. The molecule has 0 aliphatic rings. The summed E-state index contributed by atoms with van der Waals surface area (Å²) in [5, 5.41) is 5.49. The number of H-pyrrole nitrogens is 2. The molecule has 0 aliphatic carbocycles. The summed E-state index contributed by atoms with van der Waals surface area (Å²) in [6.07, 6.45) is 0. The van der Waals surface area contributed by atoms with E-state index in [2.05, 4.69) is 20.6 Å². The first-order valence-corrected chi connectivity index (χ1v) is 10.2. The number of rotatable bonds is 8. The van der Waals surface area contributed by atoms with Crippen LogP contribution in [0, 0.1) is 0 Å². The molecule has 0 unspecified atom stereocenters. The number of methoxy groups -OCH3 is 2. The van der Waals surface area contributed by atoms with E-state index in [9.17, 15) is 14.4 Å². The van der Waals surface area contributed by atoms with E-state index in [0.717, 1.165) is 0 Å². The quantitative estimate of drug-likeness (QED) is 0.318. The molecule has 3 aromatic carbocycles. The number of fused-ring (bicyclic) bond motifs is 1. The van der Waals surface area contributed by atoms with Crippen LogP contribution in [0.15, 0.2) is 65.5 Å². The minimum atomic E-state index is -0.383. The Morgan fingerprint density at radius 3 is 2.38 bits per heavy atom. The van der Waals surface area contributed by atoms with Gasteiger partial charge in [-0.15, -0.1) is 0 Å². The smallest absolute Gasteiger partial charge is 0.323 e. The van der Waals surface area contributed by atoms with Gasteiger partial charge in [-0.1, -0.05) is 12.1 Å². The van der Waals surface area contributed by atoms with Crippen molar-refractivity contribution >= 4 is 34.2 Å². The zero-order valence-electron chi connectivity index (χ0n) is 18.4. The number of imidazole rings is 1. The average molecular weight is 462 g/mol. The average Bonchev–Trinajstić information content (AvgIpc) is 3.22. The number of aromatic amines is 2. The Kier molecular flexibility index (Phi) is 6.49. The molecule has 34 heavy (non-hydrogen) atoms. The molecule has 4 aromatic rings. The monoisotopic (exact) mass is 462 g/mol. The van der Waals surface area contributed by atoms with Crippen LogP contribution >= 0.6 is 0 Å². The third kappa shape index (κ3) is 5.01. The lowest BCUT2D eigenvalue weighted by Crippen LogP contribution is -2.20. The summed E-state index contributed by atoms with van der Waals surface area (Å²) >= 11 is 0. The number of para-hydroxylation sites is 2. The van der Waals surface area contributed by atoms with Gasteiger partial charge in [0.05, 0.1) is 30.9 Å². The molecule has 0 spiro atoms. The van der Waals surface area contributed by atoms with Gasteiger partial charge in [0.2, 0.25) is 0 Å². The number of nitrogens with one attached hydrogen (secondary N) is 4. The van der Waals surface area contributed by atoms with Crippen LogP contribution in [0.3, 0.4) is 0 Å². The zero-order valence-corrected chi connectivity index (χ0v) is 18.4. The second-order valence-corrected chi connectivity index (χ2v) is 7.20. The van der Waals surface area contributed by atoms with Crippen LogP contribution < -0.4 is 30.5 Å². The molecule has 0 aliphatic heterocycles. The number of ether oxygens (including phenoxy) is 3. The maximum absolute atomic E-state index is 12.7. The minimum absolute atomic E-state index is 0.269. The Hall–Kier alpha value is -4.73. The van der Waals surface area contributed by atoms with Crippen molar-refractivity contribution in [2.24, 2.45) is 0 Å². The molecule has 2 amide bonds. The van der Waals surface area contributed by atoms with Crippen molar-refractivity contribution in [2.45, 2.75) is 0 Å². The summed E-state index contributed by atoms with van der Waals surface area (Å²) in [4.78, 5) is 41.7. The van der Waals surface area contributed by atoms with Crippen LogP contribution in [0.4, 0.5) is 11.4 Å². The Morgan fingerprint density at radius 2 is 1.59 bits per heavy atom. The number of benzene rings is 3. The maximum atomic E-state index is 12.7. The Bertz CT molecular complexity index is 1410. The van der Waals surface area contributed by atoms with Crippen LogP contribution in [0.5, 0.6) is 17.2 Å². The second kappa shape index (κ2) is 9.82. The fourth-order valence-electron chi connectivity index (χ4n) is 3.32. The van der Waals surface area contributed by atoms with Gasteiger partial charge in [-0.2, -0.15) is 0 Å². The Balaban J connectivity index is 1.41. The molecule has 4 N–H and O–H groups in total. The van der Waals surface area contributed by atoms with Crippen LogP contribution in [-0.4, -0.2) is 42.6 Å². The highest BCUT2D eigenvalue weighted by atomic mass is 16.5. The molecule has 0 atom stereocenters. The van der Waals surface area contributed by atoms with Gasteiger partial charge in [0.25, 0.3) is 11.8 Å². The van der Waals surface area contributed by atoms with E-state index in [0.29, 0.717) is 45.2 Å². The van der Waals surface area contributed by atoms with E-state index in [1.54, 1.807) is 54.6 Å². The number of carbonyl (C=O) groups is 2. The fourth-order valence-corrected chi connectivity index (χ4v) is 3.32. The summed E-state index contributed by atoms with van der Waals surface area (Å²) in [6, 6.07) is 16.7. The lowest BCUT2D eigenvalue weighted by atomic mass is 10.1. The molecule has 0 saturated carbocycles. The first-order valence-electron chi connectivity index (χ1n) is 10.2. The molecule has 0 bridgehead atoms. The van der Waals surface area contributed by atoms with Crippen molar-refractivity contribution in [1.82, 2.24) is 9.97 Å². The van der Waals surface area contributed by atoms with E-state index in [-0.39, 0.29) is 24.1 Å². The van der Waals surface area contributed by atoms with Gasteiger partial charge < -0.3 is 34.8 Å². The van der Waals surface area contributed by atoms with Crippen molar-refractivity contribution in [3.8, 4) is 17.2 Å². The molecule has 174 valence electrons. The summed E-state index contributed by atoms with van der Waals surface area (Å²) in [5.74, 6) is 0.372. The number of amides is 2. The van der Waals surface area contributed by atoms with Crippen molar-refractivity contribution in [1.29, 1.82) is 0 Å². The van der Waals surface area contributed by atoms with Crippen molar-refractivity contribution < 1.29 is 23.8 Å². The summed E-state index contributed by atoms with van der Waals surface area (Å²) in [7, 11) is 2.96. The van der Waals surface area contributed by atoms with E-state index in [1.807, 2.05) is 0 Å². The highest BCUT2D eigenvalue weighted by molar-refractivity contribution is 6.05. The third-order valence-corrected chi connectivity index (χ3v) is 4.94. The SMILES string of the molecule is COc1ccccc1NC(=O)COc1ccc(C(=O)Nc2ccc3[nH]c(=O)[nH]c3c2)cc1OC. The molecule has 0 fully saturated rings. The van der Waals surface area contributed by atoms with Crippen LogP contribution in [0.1, 0.15) is 10.4 Å². The third-order valence-electron chi connectivity index (χ3n) is 4.94. The highest BCUT2D eigenvalue weighted by Crippen LogP contribution is 2.29. The van der Waals surface area contributed by atoms with Gasteiger partial charge in [-0.3, -0.25) is 9.59 Å². The van der Waals surface area contributed by atoms with Crippen molar-refractivity contribution in [2.75, 3.05) is 31.5 Å². The summed E-state index contributed by atoms with van der Waals surface area (Å²) in [5.41, 5.74) is 2.26. The predicted octanol–water partition coefficient (Wildman–Crippen LogP) is 3.14. The number of anilines is 2. The molecule has 4 rings (SSSR count). The van der Waals surface area contributed by atoms with Crippen molar-refractivity contribution in [3.05, 3.63) is 76.7 Å². The van der Waals surface area contributed by atoms with Gasteiger partial charge >= 0.3 is 5.69 Å². The second-order valence-electron chi connectivity index (χ2n) is 7.20. The van der Waals surface area contributed by atoms with Crippen LogP contribution in [0.2, 0.25) is 0 Å². The van der Waals surface area contributed by atoms with E-state index >= 15 is 0 Å². The molecule has 0 saturated heterocycles. The molecular formula is C24H22N4O6. The molecule has 1 heterocycles. The lowest BCUT2D eigenvalue weighted by molar-refractivity contribution is -0.118. The van der Waals surface area contributed by atoms with Crippen LogP contribution in [-0.2, 0) is 4.79 Å². The summed E-state index contributed by atoms with van der Waals surface area (Å²) in [6.45, 7) is -0.269. The van der Waals surface area contributed by atoms with Gasteiger partial charge in [-0.25, -0.2) is 4.79 Å². The Morgan fingerprint density at radius 1 is 0.824 bits per heavy atom. The van der Waals surface area contributed by atoms with Gasteiger partial charge in [0, 0.05) is 11.3 Å². The molecule has 0 radical (unpaired) electrons. The number of hydrogen-bond donors (Lipinski definition) is 4.